The van der Waals surface area contributed by atoms with Crippen molar-refractivity contribution in [2.24, 2.45) is 0 Å². The van der Waals surface area contributed by atoms with Crippen molar-refractivity contribution in [2.45, 2.75) is 36.2 Å². The van der Waals surface area contributed by atoms with Crippen molar-refractivity contribution in [1.29, 1.82) is 0 Å². The molecule has 10 heteroatoms. The molecule has 8 nitrogen and oxygen atoms in total. The summed E-state index contributed by atoms with van der Waals surface area (Å²) in [5, 5.41) is 12.2. The Labute approximate surface area is 195 Å². The Bertz CT molecular complexity index is 1110. The van der Waals surface area contributed by atoms with Gasteiger partial charge in [0.1, 0.15) is 16.7 Å². The number of nitrogens with zero attached hydrogens (tertiary/aromatic N) is 3. The molecule has 1 aromatic heterocycles. The second kappa shape index (κ2) is 9.70. The summed E-state index contributed by atoms with van der Waals surface area (Å²) < 4.78 is 12.3. The molecule has 1 aliphatic heterocycles. The first-order valence-electron chi connectivity index (χ1n) is 10.2. The summed E-state index contributed by atoms with van der Waals surface area (Å²) in [4.78, 5) is 13.3. The Kier molecular flexibility index (Phi) is 6.76. The molecular weight excluding hydrogens is 450 g/mol. The fourth-order valence-electron chi connectivity index (χ4n) is 3.50. The lowest BCUT2D eigenvalue weighted by molar-refractivity contribution is -0.116. The maximum absolute atomic E-state index is 13.3. The number of carbonyl (C=O) groups is 1. The topological polar surface area (TPSA) is 90.3 Å². The highest BCUT2D eigenvalue weighted by Crippen LogP contribution is 2.39. The van der Waals surface area contributed by atoms with Crippen LogP contribution in [-0.2, 0) is 11.2 Å². The Morgan fingerprint density at radius 3 is 2.62 bits per heavy atom. The fraction of sp³-hybridized carbons (Fsp3) is 0.318. The zero-order valence-electron chi connectivity index (χ0n) is 18.0. The van der Waals surface area contributed by atoms with Gasteiger partial charge in [-0.25, -0.2) is 4.68 Å². The van der Waals surface area contributed by atoms with Crippen LogP contribution in [0, 0.1) is 0 Å². The van der Waals surface area contributed by atoms with Crippen LogP contribution in [0.3, 0.4) is 0 Å². The van der Waals surface area contributed by atoms with E-state index >= 15 is 0 Å². The van der Waals surface area contributed by atoms with Gasteiger partial charge >= 0.3 is 0 Å². The van der Waals surface area contributed by atoms with Gasteiger partial charge in [-0.1, -0.05) is 36.4 Å². The molecule has 168 valence electrons. The Hall–Kier alpha value is -2.91. The molecule has 0 fully saturated rings. The SMILES string of the molecule is CCCc1nnc2n1N[C@H](c1ccc(OC)c(Cl)c1)[C@@H](C(=O)Nc1ccc(OC)cc1)S2. The van der Waals surface area contributed by atoms with Gasteiger partial charge in [-0.2, -0.15) is 0 Å². The molecule has 0 aliphatic carbocycles. The number of amides is 1. The number of methoxy groups -OCH3 is 2. The second-order valence-electron chi connectivity index (χ2n) is 7.24. The van der Waals surface area contributed by atoms with E-state index in [1.54, 1.807) is 44.6 Å². The van der Waals surface area contributed by atoms with Crippen LogP contribution < -0.4 is 20.2 Å². The number of aromatic nitrogens is 3. The zero-order chi connectivity index (χ0) is 22.7. The van der Waals surface area contributed by atoms with E-state index in [4.69, 9.17) is 21.1 Å². The van der Waals surface area contributed by atoms with Crippen molar-refractivity contribution in [3.05, 3.63) is 58.9 Å². The first kappa shape index (κ1) is 22.3. The summed E-state index contributed by atoms with van der Waals surface area (Å²) >= 11 is 7.76. The molecule has 0 bridgehead atoms. The minimum atomic E-state index is -0.507. The maximum atomic E-state index is 13.3. The van der Waals surface area contributed by atoms with Crippen LogP contribution in [0.4, 0.5) is 5.69 Å². The maximum Gasteiger partial charge on any atom is 0.240 e. The number of halogens is 1. The van der Waals surface area contributed by atoms with E-state index in [0.717, 1.165) is 30.0 Å². The minimum Gasteiger partial charge on any atom is -0.497 e. The number of thioether (sulfide) groups is 1. The van der Waals surface area contributed by atoms with E-state index < -0.39 is 5.25 Å². The average molecular weight is 474 g/mol. The van der Waals surface area contributed by atoms with E-state index in [2.05, 4.69) is 27.9 Å². The Morgan fingerprint density at radius 1 is 1.19 bits per heavy atom. The number of carbonyl (C=O) groups excluding carboxylic acids is 1. The van der Waals surface area contributed by atoms with Crippen LogP contribution in [0.15, 0.2) is 47.6 Å². The number of ether oxygens (including phenoxy) is 2. The van der Waals surface area contributed by atoms with Crippen LogP contribution in [0.2, 0.25) is 5.02 Å². The van der Waals surface area contributed by atoms with Crippen LogP contribution in [0.1, 0.15) is 30.8 Å². The van der Waals surface area contributed by atoms with Crippen molar-refractivity contribution >= 4 is 35.0 Å². The predicted molar refractivity (Wildman–Crippen MR) is 125 cm³/mol. The smallest absolute Gasteiger partial charge is 0.240 e. The fourth-order valence-corrected chi connectivity index (χ4v) is 4.86. The summed E-state index contributed by atoms with van der Waals surface area (Å²) in [5.41, 5.74) is 4.98. The lowest BCUT2D eigenvalue weighted by Gasteiger charge is -2.33. The number of benzene rings is 2. The molecule has 0 saturated carbocycles. The normalized spacial score (nSPS) is 17.2. The molecule has 4 rings (SSSR count). The molecule has 3 aromatic rings. The first-order chi connectivity index (χ1) is 15.5. The third-order valence-corrected chi connectivity index (χ3v) is 6.64. The molecule has 1 aliphatic rings. The van der Waals surface area contributed by atoms with E-state index in [-0.39, 0.29) is 11.9 Å². The molecule has 0 radical (unpaired) electrons. The molecule has 0 saturated heterocycles. The standard InChI is InChI=1S/C22H24ClN5O3S/c1-4-5-18-25-26-22-28(18)27-19(13-6-11-17(31-3)16(23)12-13)20(32-22)21(29)24-14-7-9-15(30-2)10-8-14/h6-12,19-20,27H,4-5H2,1-3H3,(H,24,29)/t19-,20+/m1/s1. The van der Waals surface area contributed by atoms with Crippen molar-refractivity contribution in [3.63, 3.8) is 0 Å². The molecular formula is C22H24ClN5O3S. The Morgan fingerprint density at radius 2 is 1.97 bits per heavy atom. The Balaban J connectivity index is 1.66. The van der Waals surface area contributed by atoms with Crippen LogP contribution in [0.5, 0.6) is 11.5 Å². The lowest BCUT2D eigenvalue weighted by atomic mass is 10.0. The third-order valence-electron chi connectivity index (χ3n) is 5.13. The number of anilines is 1. The quantitative estimate of drug-likeness (QED) is 0.528. The largest absolute Gasteiger partial charge is 0.497 e. The van der Waals surface area contributed by atoms with Crippen molar-refractivity contribution in [1.82, 2.24) is 14.9 Å². The van der Waals surface area contributed by atoms with Gasteiger partial charge in [-0.05, 0) is 48.4 Å². The second-order valence-corrected chi connectivity index (χ2v) is 8.76. The van der Waals surface area contributed by atoms with Gasteiger partial charge in [-0.15, -0.1) is 10.2 Å². The van der Waals surface area contributed by atoms with Gasteiger partial charge < -0.3 is 20.2 Å². The number of fused-ring (bicyclic) bond motifs is 1. The predicted octanol–water partition coefficient (Wildman–Crippen LogP) is 4.30. The number of aryl methyl sites for hydroxylation is 1. The number of rotatable bonds is 7. The van der Waals surface area contributed by atoms with Gasteiger partial charge in [0.15, 0.2) is 5.82 Å². The van der Waals surface area contributed by atoms with Crippen molar-refractivity contribution in [2.75, 3.05) is 25.0 Å². The highest BCUT2D eigenvalue weighted by Gasteiger charge is 2.38. The third kappa shape index (κ3) is 4.49. The molecule has 0 spiro atoms. The van der Waals surface area contributed by atoms with Gasteiger partial charge in [0.25, 0.3) is 0 Å². The number of hydrogen-bond donors (Lipinski definition) is 2. The summed E-state index contributed by atoms with van der Waals surface area (Å²) in [6.07, 6.45) is 1.71. The summed E-state index contributed by atoms with van der Waals surface area (Å²) in [6.45, 7) is 2.09. The molecule has 2 aromatic carbocycles. The minimum absolute atomic E-state index is 0.157. The monoisotopic (exact) mass is 473 g/mol. The van der Waals surface area contributed by atoms with Crippen LogP contribution in [0.25, 0.3) is 0 Å². The van der Waals surface area contributed by atoms with E-state index in [1.807, 2.05) is 16.8 Å². The molecule has 32 heavy (non-hydrogen) atoms. The number of nitrogens with one attached hydrogen (secondary N) is 2. The highest BCUT2D eigenvalue weighted by atomic mass is 35.5. The van der Waals surface area contributed by atoms with Crippen molar-refractivity contribution in [3.8, 4) is 11.5 Å². The lowest BCUT2D eigenvalue weighted by Crippen LogP contribution is -2.41. The van der Waals surface area contributed by atoms with Crippen LogP contribution in [-0.4, -0.2) is 40.3 Å². The molecule has 0 unspecified atom stereocenters. The summed E-state index contributed by atoms with van der Waals surface area (Å²) in [5.74, 6) is 1.97. The number of hydrogen-bond acceptors (Lipinski definition) is 7. The zero-order valence-corrected chi connectivity index (χ0v) is 19.5. The van der Waals surface area contributed by atoms with Gasteiger partial charge in [-0.3, -0.25) is 4.79 Å². The molecule has 2 heterocycles. The molecule has 2 atom stereocenters. The van der Waals surface area contributed by atoms with Crippen LogP contribution >= 0.6 is 23.4 Å². The van der Waals surface area contributed by atoms with E-state index in [1.165, 1.54) is 11.8 Å². The highest BCUT2D eigenvalue weighted by molar-refractivity contribution is 8.00. The molecule has 1 amide bonds. The molecule has 2 N–H and O–H groups in total. The summed E-state index contributed by atoms with van der Waals surface area (Å²) in [7, 11) is 3.17. The van der Waals surface area contributed by atoms with E-state index in [0.29, 0.717) is 21.6 Å². The van der Waals surface area contributed by atoms with Gasteiger partial charge in [0, 0.05) is 12.1 Å². The first-order valence-corrected chi connectivity index (χ1v) is 11.5. The van der Waals surface area contributed by atoms with E-state index in [9.17, 15) is 4.79 Å². The average Bonchev–Trinajstić information content (AvgIpc) is 3.20. The summed E-state index contributed by atoms with van der Waals surface area (Å²) in [6, 6.07) is 12.4. The van der Waals surface area contributed by atoms with Gasteiger partial charge in [0.05, 0.1) is 25.3 Å². The van der Waals surface area contributed by atoms with Gasteiger partial charge in [0.2, 0.25) is 11.1 Å². The van der Waals surface area contributed by atoms with Crippen molar-refractivity contribution < 1.29 is 14.3 Å².